The fourth-order valence-electron chi connectivity index (χ4n) is 3.52. The van der Waals surface area contributed by atoms with Gasteiger partial charge in [-0.3, -0.25) is 10.1 Å². The lowest BCUT2D eigenvalue weighted by Crippen LogP contribution is -2.42. The van der Waals surface area contributed by atoms with Crippen molar-refractivity contribution in [2.45, 2.75) is 32.7 Å². The Morgan fingerprint density at radius 1 is 0.938 bits per heavy atom. The number of azo groups is 1. The normalized spacial score (nSPS) is 11.8. The van der Waals surface area contributed by atoms with Gasteiger partial charge in [-0.15, -0.1) is 0 Å². The number of anilines is 1. The molecule has 0 spiro atoms. The zero-order valence-corrected chi connectivity index (χ0v) is 20.4. The number of hydrogen-bond donors (Lipinski definition) is 0. The van der Waals surface area contributed by atoms with E-state index in [1.165, 1.54) is 23.4 Å². The third-order valence-electron chi connectivity index (χ3n) is 5.37. The van der Waals surface area contributed by atoms with Gasteiger partial charge in [0, 0.05) is 58.3 Å². The first-order chi connectivity index (χ1) is 15.4. The summed E-state index contributed by atoms with van der Waals surface area (Å²) in [5, 5.41) is 19.4. The van der Waals surface area contributed by atoms with Crippen molar-refractivity contribution in [3.63, 3.8) is 0 Å². The summed E-state index contributed by atoms with van der Waals surface area (Å²) in [5.74, 6) is 0. The maximum Gasteiger partial charge on any atom is 0.500 e. The van der Waals surface area contributed by atoms with Crippen molar-refractivity contribution in [2.75, 3.05) is 39.3 Å². The minimum absolute atomic E-state index is 0.0256. The van der Waals surface area contributed by atoms with Gasteiger partial charge in [0.2, 0.25) is 0 Å². The second-order valence-corrected chi connectivity index (χ2v) is 10.2. The summed E-state index contributed by atoms with van der Waals surface area (Å²) in [6.45, 7) is 6.07. The molecule has 0 unspecified atom stereocenters. The molecule has 2 rings (SSSR count). The average molecular weight is 461 g/mol. The van der Waals surface area contributed by atoms with E-state index in [1.807, 2.05) is 12.1 Å². The predicted octanol–water partition coefficient (Wildman–Crippen LogP) is 5.67. The van der Waals surface area contributed by atoms with Crippen LogP contribution in [0.2, 0.25) is 6.04 Å². The molecule has 0 aromatic heterocycles. The number of benzene rings is 2. The molecule has 9 nitrogen and oxygen atoms in total. The molecule has 174 valence electrons. The van der Waals surface area contributed by atoms with Gasteiger partial charge in [0.25, 0.3) is 5.69 Å². The van der Waals surface area contributed by atoms with Gasteiger partial charge in [0.15, 0.2) is 0 Å². The molecule has 0 bridgehead atoms. The molecule has 0 fully saturated rings. The first-order valence-electron chi connectivity index (χ1n) is 10.6. The van der Waals surface area contributed by atoms with Gasteiger partial charge in [0.05, 0.1) is 16.3 Å². The van der Waals surface area contributed by atoms with E-state index in [0.717, 1.165) is 31.6 Å². The van der Waals surface area contributed by atoms with E-state index in [1.54, 1.807) is 33.5 Å². The Hall–Kier alpha value is -2.66. The van der Waals surface area contributed by atoms with Crippen LogP contribution in [0.25, 0.3) is 0 Å². The molecule has 0 atom stereocenters. The van der Waals surface area contributed by atoms with Gasteiger partial charge in [-0.2, -0.15) is 10.2 Å². The maximum atomic E-state index is 10.8. The summed E-state index contributed by atoms with van der Waals surface area (Å²) >= 11 is 0. The van der Waals surface area contributed by atoms with Gasteiger partial charge < -0.3 is 18.2 Å². The standard InChI is InChI=1S/C22H32N4O5Si/c1-6-25(7-2)22-15-12-20(24-23-19-10-13-21(14-11-19)26(27)28)17-18(22)9-8-16-32(29-3,30-4)31-5/h10-15,17H,6-9,16H2,1-5H3. The van der Waals surface area contributed by atoms with E-state index in [9.17, 15) is 10.1 Å². The number of nitro groups is 1. The van der Waals surface area contributed by atoms with Crippen LogP contribution in [0.3, 0.4) is 0 Å². The molecular weight excluding hydrogens is 428 g/mol. The summed E-state index contributed by atoms with van der Waals surface area (Å²) in [7, 11) is 2.25. The Morgan fingerprint density at radius 2 is 1.50 bits per heavy atom. The largest absolute Gasteiger partial charge is 0.500 e. The lowest BCUT2D eigenvalue weighted by atomic mass is 10.1. The fraction of sp³-hybridized carbons (Fsp3) is 0.455. The minimum atomic E-state index is -2.62. The average Bonchev–Trinajstić information content (AvgIpc) is 2.83. The molecule has 0 radical (unpaired) electrons. The summed E-state index contributed by atoms with van der Waals surface area (Å²) in [5.41, 5.74) is 3.64. The third kappa shape index (κ3) is 6.67. The molecule has 0 N–H and O–H groups in total. The molecular formula is C22H32N4O5Si. The van der Waals surface area contributed by atoms with Crippen LogP contribution in [-0.2, 0) is 19.7 Å². The Balaban J connectivity index is 2.23. The van der Waals surface area contributed by atoms with Crippen molar-refractivity contribution in [1.82, 2.24) is 0 Å². The van der Waals surface area contributed by atoms with E-state index >= 15 is 0 Å². The minimum Gasteiger partial charge on any atom is -0.377 e. The molecule has 0 heterocycles. The van der Waals surface area contributed by atoms with Crippen LogP contribution in [0.1, 0.15) is 25.8 Å². The molecule has 2 aromatic carbocycles. The summed E-state index contributed by atoms with van der Waals surface area (Å²) < 4.78 is 16.6. The van der Waals surface area contributed by atoms with Crippen LogP contribution in [0.15, 0.2) is 52.7 Å². The zero-order valence-electron chi connectivity index (χ0n) is 19.4. The number of non-ortho nitro benzene ring substituents is 1. The van der Waals surface area contributed by atoms with Crippen molar-refractivity contribution in [2.24, 2.45) is 10.2 Å². The van der Waals surface area contributed by atoms with E-state index in [-0.39, 0.29) is 5.69 Å². The van der Waals surface area contributed by atoms with Crippen molar-refractivity contribution >= 4 is 31.6 Å². The highest BCUT2D eigenvalue weighted by Crippen LogP contribution is 2.30. The van der Waals surface area contributed by atoms with Crippen molar-refractivity contribution in [3.05, 3.63) is 58.1 Å². The van der Waals surface area contributed by atoms with E-state index in [2.05, 4.69) is 35.0 Å². The monoisotopic (exact) mass is 460 g/mol. The van der Waals surface area contributed by atoms with Crippen LogP contribution in [-0.4, -0.2) is 48.1 Å². The molecule has 0 amide bonds. The van der Waals surface area contributed by atoms with Crippen LogP contribution in [0, 0.1) is 10.1 Å². The Bertz CT molecular complexity index is 891. The van der Waals surface area contributed by atoms with Gasteiger partial charge in [-0.25, -0.2) is 0 Å². The molecule has 10 heteroatoms. The smallest absolute Gasteiger partial charge is 0.377 e. The van der Waals surface area contributed by atoms with Crippen molar-refractivity contribution < 1.29 is 18.2 Å². The topological polar surface area (TPSA) is 98.8 Å². The van der Waals surface area contributed by atoms with Crippen molar-refractivity contribution in [1.29, 1.82) is 0 Å². The Kier molecular flexibility index (Phi) is 9.91. The molecule has 0 saturated carbocycles. The molecule has 2 aromatic rings. The van der Waals surface area contributed by atoms with Gasteiger partial charge in [-0.1, -0.05) is 0 Å². The predicted molar refractivity (Wildman–Crippen MR) is 127 cm³/mol. The van der Waals surface area contributed by atoms with Gasteiger partial charge in [-0.05, 0) is 62.6 Å². The zero-order chi connectivity index (χ0) is 23.6. The van der Waals surface area contributed by atoms with Crippen LogP contribution in [0.5, 0.6) is 0 Å². The number of rotatable bonds is 13. The third-order valence-corrected chi connectivity index (χ3v) is 8.20. The molecule has 32 heavy (non-hydrogen) atoms. The second-order valence-electron chi connectivity index (χ2n) is 7.11. The summed E-state index contributed by atoms with van der Waals surface area (Å²) in [6.07, 6.45) is 1.66. The van der Waals surface area contributed by atoms with Gasteiger partial charge >= 0.3 is 8.80 Å². The van der Waals surface area contributed by atoms with Crippen LogP contribution >= 0.6 is 0 Å². The van der Waals surface area contributed by atoms with E-state index in [0.29, 0.717) is 11.7 Å². The Morgan fingerprint density at radius 3 is 2.03 bits per heavy atom. The number of aryl methyl sites for hydroxylation is 1. The number of nitrogens with zero attached hydrogens (tertiary/aromatic N) is 4. The van der Waals surface area contributed by atoms with Crippen LogP contribution in [0.4, 0.5) is 22.7 Å². The summed E-state index contributed by atoms with van der Waals surface area (Å²) in [6, 6.07) is 12.8. The molecule has 0 saturated heterocycles. The molecule has 0 aliphatic carbocycles. The maximum absolute atomic E-state index is 10.8. The highest BCUT2D eigenvalue weighted by molar-refractivity contribution is 6.60. The SMILES string of the molecule is CCN(CC)c1ccc(N=Nc2ccc([N+](=O)[O-])cc2)cc1CCC[Si](OC)(OC)OC. The quantitative estimate of drug-likeness (QED) is 0.165. The summed E-state index contributed by atoms with van der Waals surface area (Å²) in [4.78, 5) is 12.7. The lowest BCUT2D eigenvalue weighted by molar-refractivity contribution is -0.384. The highest BCUT2D eigenvalue weighted by atomic mass is 28.4. The first-order valence-corrected chi connectivity index (χ1v) is 12.5. The highest BCUT2D eigenvalue weighted by Gasteiger charge is 2.36. The van der Waals surface area contributed by atoms with E-state index < -0.39 is 13.7 Å². The van der Waals surface area contributed by atoms with Gasteiger partial charge in [0.1, 0.15) is 0 Å². The van der Waals surface area contributed by atoms with E-state index in [4.69, 9.17) is 13.3 Å². The molecule has 0 aliphatic heterocycles. The fourth-order valence-corrected chi connectivity index (χ4v) is 5.24. The number of hydrogen-bond acceptors (Lipinski definition) is 8. The lowest BCUT2D eigenvalue weighted by Gasteiger charge is -2.26. The molecule has 0 aliphatic rings. The second kappa shape index (κ2) is 12.4. The van der Waals surface area contributed by atoms with Crippen molar-refractivity contribution in [3.8, 4) is 0 Å². The van der Waals surface area contributed by atoms with Crippen LogP contribution < -0.4 is 4.90 Å². The number of nitro benzene ring substituents is 1. The first kappa shape index (κ1) is 25.6. The Labute approximate surface area is 190 Å².